The molecule has 2 aliphatic rings. The van der Waals surface area contributed by atoms with Crippen LogP contribution in [-0.4, -0.2) is 32.3 Å². The molecule has 3 nitrogen and oxygen atoms in total. The Balaban J connectivity index is 1.59. The lowest BCUT2D eigenvalue weighted by Gasteiger charge is -2.25. The summed E-state index contributed by atoms with van der Waals surface area (Å²) in [4.78, 5) is 0. The molecular weight excluding hydrogens is 224 g/mol. The Bertz CT molecular complexity index is 436. The summed E-state index contributed by atoms with van der Waals surface area (Å²) in [6, 6.07) is 8.87. The number of ether oxygens (including phenoxy) is 1. The third-order valence-electron chi connectivity index (χ3n) is 3.65. The van der Waals surface area contributed by atoms with Crippen LogP contribution in [-0.2, 0) is 0 Å². The van der Waals surface area contributed by atoms with E-state index in [2.05, 4.69) is 28.8 Å². The zero-order valence-corrected chi connectivity index (χ0v) is 10.6. The number of hydrogen-bond donors (Lipinski definition) is 2. The highest BCUT2D eigenvalue weighted by Crippen LogP contribution is 2.25. The van der Waals surface area contributed by atoms with Gasteiger partial charge in [-0.05, 0) is 43.6 Å². The molecule has 18 heavy (non-hydrogen) atoms. The van der Waals surface area contributed by atoms with E-state index in [4.69, 9.17) is 4.74 Å². The van der Waals surface area contributed by atoms with Crippen LogP contribution < -0.4 is 15.4 Å². The molecule has 0 bridgehead atoms. The van der Waals surface area contributed by atoms with Crippen molar-refractivity contribution in [1.29, 1.82) is 0 Å². The second kappa shape index (κ2) is 5.55. The van der Waals surface area contributed by atoms with Crippen LogP contribution in [0.3, 0.4) is 0 Å². The molecule has 1 fully saturated rings. The van der Waals surface area contributed by atoms with Gasteiger partial charge in [0.05, 0.1) is 0 Å². The van der Waals surface area contributed by atoms with Crippen molar-refractivity contribution >= 4 is 6.08 Å². The molecule has 1 saturated heterocycles. The minimum atomic E-state index is 0.657. The molecule has 0 aromatic heterocycles. The van der Waals surface area contributed by atoms with Crippen LogP contribution >= 0.6 is 0 Å². The molecule has 1 aromatic rings. The first-order chi connectivity index (χ1) is 8.92. The van der Waals surface area contributed by atoms with Crippen LogP contribution in [0.4, 0.5) is 0 Å². The smallest absolute Gasteiger partial charge is 0.127 e. The van der Waals surface area contributed by atoms with E-state index in [-0.39, 0.29) is 0 Å². The van der Waals surface area contributed by atoms with E-state index < -0.39 is 0 Å². The number of hydrogen-bond acceptors (Lipinski definition) is 3. The first kappa shape index (κ1) is 11.8. The van der Waals surface area contributed by atoms with Crippen molar-refractivity contribution < 1.29 is 4.74 Å². The fraction of sp³-hybridized carbons (Fsp3) is 0.467. The fourth-order valence-corrected chi connectivity index (χ4v) is 2.57. The zero-order chi connectivity index (χ0) is 12.2. The van der Waals surface area contributed by atoms with E-state index in [1.807, 2.05) is 12.1 Å². The summed E-state index contributed by atoms with van der Waals surface area (Å²) in [5, 5.41) is 7.02. The van der Waals surface area contributed by atoms with Crippen LogP contribution in [0.15, 0.2) is 29.8 Å². The Labute approximate surface area is 108 Å². The maximum Gasteiger partial charge on any atom is 0.127 e. The summed E-state index contributed by atoms with van der Waals surface area (Å²) in [6.07, 6.45) is 4.71. The van der Waals surface area contributed by atoms with Gasteiger partial charge in [-0.3, -0.25) is 0 Å². The van der Waals surface area contributed by atoms with Crippen molar-refractivity contribution in [2.24, 2.45) is 0 Å². The second-order valence-electron chi connectivity index (χ2n) is 5.03. The lowest BCUT2D eigenvalue weighted by molar-refractivity contribution is 0.335. The molecule has 0 radical (unpaired) electrons. The molecule has 0 amide bonds. The van der Waals surface area contributed by atoms with Gasteiger partial charge in [-0.2, -0.15) is 0 Å². The van der Waals surface area contributed by atoms with Crippen molar-refractivity contribution in [3.8, 4) is 5.75 Å². The van der Waals surface area contributed by atoms with E-state index in [0.717, 1.165) is 32.0 Å². The average molecular weight is 244 g/mol. The average Bonchev–Trinajstić information content (AvgIpc) is 2.46. The highest BCUT2D eigenvalue weighted by atomic mass is 16.5. The Morgan fingerprint density at radius 3 is 2.94 bits per heavy atom. The Hall–Kier alpha value is -1.32. The summed E-state index contributed by atoms with van der Waals surface area (Å²) in [5.41, 5.74) is 2.54. The summed E-state index contributed by atoms with van der Waals surface area (Å²) < 4.78 is 5.76. The van der Waals surface area contributed by atoms with Crippen LogP contribution in [0.2, 0.25) is 0 Å². The summed E-state index contributed by atoms with van der Waals surface area (Å²) >= 11 is 0. The first-order valence-electron chi connectivity index (χ1n) is 6.77. The maximum atomic E-state index is 5.76. The molecule has 2 heterocycles. The molecule has 0 unspecified atom stereocenters. The van der Waals surface area contributed by atoms with Gasteiger partial charge >= 0.3 is 0 Å². The molecule has 2 aliphatic heterocycles. The fourth-order valence-electron chi connectivity index (χ4n) is 2.57. The molecule has 0 spiro atoms. The molecule has 96 valence electrons. The number of rotatable bonds is 3. The summed E-state index contributed by atoms with van der Waals surface area (Å²) in [7, 11) is 0. The van der Waals surface area contributed by atoms with Gasteiger partial charge in [0.1, 0.15) is 12.4 Å². The topological polar surface area (TPSA) is 33.3 Å². The predicted molar refractivity (Wildman–Crippen MR) is 73.8 cm³/mol. The van der Waals surface area contributed by atoms with Gasteiger partial charge in [-0.1, -0.05) is 18.2 Å². The van der Waals surface area contributed by atoms with E-state index in [1.165, 1.54) is 24.0 Å². The van der Waals surface area contributed by atoms with Crippen molar-refractivity contribution in [1.82, 2.24) is 10.6 Å². The Kier molecular flexibility index (Phi) is 3.62. The molecular formula is C15H20N2O. The van der Waals surface area contributed by atoms with Gasteiger partial charge < -0.3 is 15.4 Å². The SMILES string of the molecule is C1=C(CNC2CCNCC2)COc2ccccc21. The minimum absolute atomic E-state index is 0.657. The van der Waals surface area contributed by atoms with Crippen LogP contribution in [0.1, 0.15) is 18.4 Å². The molecule has 3 rings (SSSR count). The number of nitrogens with one attached hydrogen (secondary N) is 2. The van der Waals surface area contributed by atoms with Crippen molar-refractivity contribution in [3.05, 3.63) is 35.4 Å². The van der Waals surface area contributed by atoms with Gasteiger partial charge in [-0.25, -0.2) is 0 Å². The van der Waals surface area contributed by atoms with Crippen molar-refractivity contribution in [2.75, 3.05) is 26.2 Å². The molecule has 0 atom stereocenters. The predicted octanol–water partition coefficient (Wildman–Crippen LogP) is 1.80. The number of para-hydroxylation sites is 1. The third kappa shape index (κ3) is 2.74. The first-order valence-corrected chi connectivity index (χ1v) is 6.77. The van der Waals surface area contributed by atoms with Gasteiger partial charge in [-0.15, -0.1) is 0 Å². The van der Waals surface area contributed by atoms with Gasteiger partial charge in [0.2, 0.25) is 0 Å². The normalized spacial score (nSPS) is 19.9. The lowest BCUT2D eigenvalue weighted by atomic mass is 10.0. The summed E-state index contributed by atoms with van der Waals surface area (Å²) in [5.74, 6) is 1.00. The second-order valence-corrected chi connectivity index (χ2v) is 5.03. The minimum Gasteiger partial charge on any atom is -0.489 e. The zero-order valence-electron chi connectivity index (χ0n) is 10.6. The standard InChI is InChI=1S/C15H20N2O/c1-2-4-15-13(3-1)9-12(11-18-15)10-17-14-5-7-16-8-6-14/h1-4,9,14,16-17H,5-8,10-11H2. The molecule has 3 heteroatoms. The quantitative estimate of drug-likeness (QED) is 0.850. The Morgan fingerprint density at radius 2 is 2.06 bits per heavy atom. The molecule has 2 N–H and O–H groups in total. The van der Waals surface area contributed by atoms with Crippen molar-refractivity contribution in [3.63, 3.8) is 0 Å². The molecule has 0 saturated carbocycles. The number of piperidine rings is 1. The molecule has 1 aromatic carbocycles. The lowest BCUT2D eigenvalue weighted by Crippen LogP contribution is -2.41. The highest BCUT2D eigenvalue weighted by Gasteiger charge is 2.14. The van der Waals surface area contributed by atoms with E-state index >= 15 is 0 Å². The summed E-state index contributed by atoms with van der Waals surface area (Å²) in [6.45, 7) is 3.93. The largest absolute Gasteiger partial charge is 0.489 e. The third-order valence-corrected chi connectivity index (χ3v) is 3.65. The van der Waals surface area contributed by atoms with E-state index in [9.17, 15) is 0 Å². The van der Waals surface area contributed by atoms with Gasteiger partial charge in [0.25, 0.3) is 0 Å². The van der Waals surface area contributed by atoms with Gasteiger partial charge in [0.15, 0.2) is 0 Å². The molecule has 0 aliphatic carbocycles. The highest BCUT2D eigenvalue weighted by molar-refractivity contribution is 5.62. The number of fused-ring (bicyclic) bond motifs is 1. The van der Waals surface area contributed by atoms with Crippen LogP contribution in [0.25, 0.3) is 6.08 Å². The van der Waals surface area contributed by atoms with E-state index in [1.54, 1.807) is 0 Å². The van der Waals surface area contributed by atoms with Crippen molar-refractivity contribution in [2.45, 2.75) is 18.9 Å². The van der Waals surface area contributed by atoms with E-state index in [0.29, 0.717) is 6.04 Å². The monoisotopic (exact) mass is 244 g/mol. The Morgan fingerprint density at radius 1 is 1.22 bits per heavy atom. The van der Waals surface area contributed by atoms with Crippen LogP contribution in [0.5, 0.6) is 5.75 Å². The maximum absolute atomic E-state index is 5.76. The van der Waals surface area contributed by atoms with Gasteiger partial charge in [0, 0.05) is 18.2 Å². The number of benzene rings is 1. The van der Waals surface area contributed by atoms with Crippen LogP contribution in [0, 0.1) is 0 Å².